The molecule has 148 valence electrons. The Hall–Kier alpha value is -3.67. The average Bonchev–Trinajstić information content (AvgIpc) is 3.14. The van der Waals surface area contributed by atoms with Crippen LogP contribution in [-0.4, -0.2) is 27.6 Å². The lowest BCUT2D eigenvalue weighted by molar-refractivity contribution is 0.104. The van der Waals surface area contributed by atoms with Gasteiger partial charge < -0.3 is 10.6 Å². The zero-order valence-electron chi connectivity index (χ0n) is 16.5. The number of ketones is 1. The molecule has 3 rings (SSSR count). The molecule has 1 aromatic heterocycles. The molecule has 2 amide bonds. The zero-order chi connectivity index (χ0) is 20.6. The highest BCUT2D eigenvalue weighted by atomic mass is 16.2. The van der Waals surface area contributed by atoms with Gasteiger partial charge in [0.2, 0.25) is 0 Å². The number of hydrogen-bond acceptors (Lipinski definition) is 3. The van der Waals surface area contributed by atoms with Crippen LogP contribution in [0.5, 0.6) is 0 Å². The minimum absolute atomic E-state index is 0.0537. The van der Waals surface area contributed by atoms with Crippen LogP contribution in [0.3, 0.4) is 0 Å². The molecule has 2 aromatic carbocycles. The second kappa shape index (κ2) is 9.50. The van der Waals surface area contributed by atoms with Gasteiger partial charge in [-0.15, -0.1) is 0 Å². The molecule has 0 unspecified atom stereocenters. The number of allylic oxidation sites excluding steroid dienone is 1. The van der Waals surface area contributed by atoms with Crippen molar-refractivity contribution in [2.45, 2.75) is 26.4 Å². The van der Waals surface area contributed by atoms with Crippen LogP contribution in [0.1, 0.15) is 35.3 Å². The molecule has 0 aliphatic rings. The number of carbonyl (C=O) groups is 2. The highest BCUT2D eigenvalue weighted by Crippen LogP contribution is 2.12. The molecule has 0 saturated heterocycles. The van der Waals surface area contributed by atoms with Gasteiger partial charge in [0.1, 0.15) is 0 Å². The van der Waals surface area contributed by atoms with Crippen LogP contribution in [0.4, 0.5) is 10.5 Å². The predicted octanol–water partition coefficient (Wildman–Crippen LogP) is 4.36. The van der Waals surface area contributed by atoms with Crippen molar-refractivity contribution in [1.29, 1.82) is 0 Å². The molecular weight excluding hydrogens is 364 g/mol. The van der Waals surface area contributed by atoms with Crippen molar-refractivity contribution in [2.75, 3.05) is 5.32 Å². The van der Waals surface area contributed by atoms with Gasteiger partial charge in [0, 0.05) is 29.1 Å². The molecule has 0 saturated carbocycles. The Kier molecular flexibility index (Phi) is 6.58. The molecule has 0 fully saturated rings. The standard InChI is InChI=1S/C23H24N4O2/c1-17(2)25-23(29)26-21-11-9-20(10-12-21)22(28)13-8-19-14-24-27(16-19)15-18-6-4-3-5-7-18/h3-14,16-17H,15H2,1-2H3,(H2,25,26,29)/b13-8-. The van der Waals surface area contributed by atoms with Crippen molar-refractivity contribution in [3.63, 3.8) is 0 Å². The van der Waals surface area contributed by atoms with Crippen LogP contribution in [0.15, 0.2) is 73.1 Å². The van der Waals surface area contributed by atoms with Crippen molar-refractivity contribution in [1.82, 2.24) is 15.1 Å². The van der Waals surface area contributed by atoms with Gasteiger partial charge in [0.25, 0.3) is 0 Å². The highest BCUT2D eigenvalue weighted by molar-refractivity contribution is 6.07. The van der Waals surface area contributed by atoms with Crippen molar-refractivity contribution >= 4 is 23.6 Å². The van der Waals surface area contributed by atoms with Crippen molar-refractivity contribution < 1.29 is 9.59 Å². The number of anilines is 1. The number of carbonyl (C=O) groups excluding carboxylic acids is 2. The quantitative estimate of drug-likeness (QED) is 0.466. The van der Waals surface area contributed by atoms with E-state index in [9.17, 15) is 9.59 Å². The number of nitrogens with zero attached hydrogens (tertiary/aromatic N) is 2. The summed E-state index contributed by atoms with van der Waals surface area (Å²) >= 11 is 0. The number of rotatable bonds is 7. The molecular formula is C23H24N4O2. The minimum Gasteiger partial charge on any atom is -0.336 e. The molecule has 3 aromatic rings. The third-order valence-electron chi connectivity index (χ3n) is 4.11. The van der Waals surface area contributed by atoms with Gasteiger partial charge in [-0.25, -0.2) is 4.79 Å². The molecule has 2 N–H and O–H groups in total. The number of urea groups is 1. The van der Waals surface area contributed by atoms with E-state index in [1.54, 1.807) is 36.5 Å². The summed E-state index contributed by atoms with van der Waals surface area (Å²) in [7, 11) is 0. The van der Waals surface area contributed by atoms with Crippen LogP contribution in [0, 0.1) is 0 Å². The number of nitrogens with one attached hydrogen (secondary N) is 2. The van der Waals surface area contributed by atoms with E-state index in [0.717, 1.165) is 11.1 Å². The fourth-order valence-corrected chi connectivity index (χ4v) is 2.74. The molecule has 6 nitrogen and oxygen atoms in total. The Balaban J connectivity index is 1.57. The summed E-state index contributed by atoms with van der Waals surface area (Å²) in [6.07, 6.45) is 6.90. The summed E-state index contributed by atoms with van der Waals surface area (Å²) in [5.41, 5.74) is 3.20. The number of aromatic nitrogens is 2. The largest absolute Gasteiger partial charge is 0.336 e. The van der Waals surface area contributed by atoms with Crippen LogP contribution in [0.25, 0.3) is 6.08 Å². The van der Waals surface area contributed by atoms with Crippen molar-refractivity contribution in [2.24, 2.45) is 0 Å². The maximum absolute atomic E-state index is 12.4. The van der Waals surface area contributed by atoms with Gasteiger partial charge in [-0.1, -0.05) is 30.3 Å². The van der Waals surface area contributed by atoms with Gasteiger partial charge in [-0.2, -0.15) is 5.10 Å². The molecule has 0 aliphatic carbocycles. The molecule has 0 atom stereocenters. The average molecular weight is 388 g/mol. The first kappa shape index (κ1) is 20.1. The molecule has 0 spiro atoms. The Labute approximate surface area is 170 Å². The Morgan fingerprint density at radius 1 is 1.07 bits per heavy atom. The number of benzene rings is 2. The Bertz CT molecular complexity index is 989. The number of amides is 2. The second-order valence-corrected chi connectivity index (χ2v) is 6.98. The molecule has 0 radical (unpaired) electrons. The summed E-state index contributed by atoms with van der Waals surface area (Å²) in [4.78, 5) is 24.1. The van der Waals surface area contributed by atoms with Gasteiger partial charge in [0.15, 0.2) is 5.78 Å². The van der Waals surface area contributed by atoms with Crippen molar-refractivity contribution in [3.8, 4) is 0 Å². The first-order valence-electron chi connectivity index (χ1n) is 9.46. The molecule has 0 bridgehead atoms. The molecule has 6 heteroatoms. The van der Waals surface area contributed by atoms with E-state index in [1.165, 1.54) is 6.08 Å². The first-order chi connectivity index (χ1) is 14.0. The molecule has 1 heterocycles. The Morgan fingerprint density at radius 2 is 1.79 bits per heavy atom. The van der Waals surface area contributed by atoms with E-state index in [4.69, 9.17) is 0 Å². The van der Waals surface area contributed by atoms with Gasteiger partial charge in [-0.05, 0) is 55.8 Å². The van der Waals surface area contributed by atoms with Crippen LogP contribution < -0.4 is 10.6 Å². The second-order valence-electron chi connectivity index (χ2n) is 6.98. The zero-order valence-corrected chi connectivity index (χ0v) is 16.5. The lowest BCUT2D eigenvalue weighted by Crippen LogP contribution is -2.34. The van der Waals surface area contributed by atoms with Crippen LogP contribution in [0.2, 0.25) is 0 Å². The van der Waals surface area contributed by atoms with Crippen LogP contribution in [-0.2, 0) is 6.54 Å². The fourth-order valence-electron chi connectivity index (χ4n) is 2.74. The Morgan fingerprint density at radius 3 is 2.48 bits per heavy atom. The fraction of sp³-hybridized carbons (Fsp3) is 0.174. The van der Waals surface area contributed by atoms with Crippen LogP contribution >= 0.6 is 0 Å². The van der Waals surface area contributed by atoms with Gasteiger partial charge in [-0.3, -0.25) is 9.48 Å². The van der Waals surface area contributed by atoms with Crippen molar-refractivity contribution in [3.05, 3.63) is 89.8 Å². The lowest BCUT2D eigenvalue weighted by atomic mass is 10.1. The summed E-state index contributed by atoms with van der Waals surface area (Å²) in [6.45, 7) is 4.46. The van der Waals surface area contributed by atoms with Gasteiger partial charge >= 0.3 is 6.03 Å². The third-order valence-corrected chi connectivity index (χ3v) is 4.11. The van der Waals surface area contributed by atoms with E-state index in [-0.39, 0.29) is 17.9 Å². The summed E-state index contributed by atoms with van der Waals surface area (Å²) in [6, 6.07) is 16.6. The highest BCUT2D eigenvalue weighted by Gasteiger charge is 2.06. The molecule has 29 heavy (non-hydrogen) atoms. The molecule has 0 aliphatic heterocycles. The normalized spacial score (nSPS) is 11.0. The topological polar surface area (TPSA) is 76.0 Å². The maximum Gasteiger partial charge on any atom is 0.319 e. The van der Waals surface area contributed by atoms with E-state index >= 15 is 0 Å². The predicted molar refractivity (Wildman–Crippen MR) is 115 cm³/mol. The van der Waals surface area contributed by atoms with E-state index in [2.05, 4.69) is 15.7 Å². The summed E-state index contributed by atoms with van der Waals surface area (Å²) in [5.74, 6) is -0.112. The first-order valence-corrected chi connectivity index (χ1v) is 9.46. The van der Waals surface area contributed by atoms with E-state index in [0.29, 0.717) is 17.8 Å². The summed E-state index contributed by atoms with van der Waals surface area (Å²) < 4.78 is 1.84. The van der Waals surface area contributed by atoms with E-state index < -0.39 is 0 Å². The SMILES string of the molecule is CC(C)NC(=O)Nc1ccc(C(=O)/C=C\c2cnn(Cc3ccccc3)c2)cc1. The monoisotopic (exact) mass is 388 g/mol. The lowest BCUT2D eigenvalue weighted by Gasteiger charge is -2.10. The minimum atomic E-state index is -0.272. The van der Waals surface area contributed by atoms with Gasteiger partial charge in [0.05, 0.1) is 12.7 Å². The maximum atomic E-state index is 12.4. The smallest absolute Gasteiger partial charge is 0.319 e. The van der Waals surface area contributed by atoms with E-state index in [1.807, 2.05) is 55.1 Å². The summed E-state index contributed by atoms with van der Waals surface area (Å²) in [5, 5.41) is 9.81. The third kappa shape index (κ3) is 6.17. The number of hydrogen-bond donors (Lipinski definition) is 2.